The molecule has 116 valence electrons. The van der Waals surface area contributed by atoms with Crippen molar-refractivity contribution in [2.24, 2.45) is 5.92 Å². The van der Waals surface area contributed by atoms with Gasteiger partial charge in [0.15, 0.2) is 0 Å². The molecule has 0 bridgehead atoms. The summed E-state index contributed by atoms with van der Waals surface area (Å²) in [5.41, 5.74) is 0.565. The van der Waals surface area contributed by atoms with Crippen molar-refractivity contribution < 1.29 is 13.2 Å². The second-order valence-electron chi connectivity index (χ2n) is 5.05. The Morgan fingerprint density at radius 2 is 2.00 bits per heavy atom. The van der Waals surface area contributed by atoms with Gasteiger partial charge in [-0.1, -0.05) is 27.5 Å². The standard InChI is InChI=1S/C13H16BrClN2O3S/c1-21(19,20)17-6-4-9(5-7-17)13(18)16-12-3-2-10(14)8-11(12)15/h2-3,8-9H,4-7H2,1H3,(H,16,18). The molecule has 0 unspecified atom stereocenters. The Morgan fingerprint density at radius 3 is 2.52 bits per heavy atom. The maximum absolute atomic E-state index is 12.2. The van der Waals surface area contributed by atoms with Crippen LogP contribution in [0.25, 0.3) is 0 Å². The van der Waals surface area contributed by atoms with Crippen LogP contribution in [0, 0.1) is 5.92 Å². The molecule has 1 aliphatic heterocycles. The van der Waals surface area contributed by atoms with Gasteiger partial charge in [-0.05, 0) is 31.0 Å². The number of carbonyl (C=O) groups is 1. The lowest BCUT2D eigenvalue weighted by Gasteiger charge is -2.29. The molecule has 21 heavy (non-hydrogen) atoms. The molecule has 8 heteroatoms. The number of nitrogens with one attached hydrogen (secondary N) is 1. The Kier molecular flexibility index (Phi) is 5.29. The predicted octanol–water partition coefficient (Wildman–Crippen LogP) is 2.71. The van der Waals surface area contributed by atoms with Gasteiger partial charge in [0.1, 0.15) is 0 Å². The van der Waals surface area contributed by atoms with E-state index >= 15 is 0 Å². The van der Waals surface area contributed by atoms with Gasteiger partial charge in [0.05, 0.1) is 17.0 Å². The summed E-state index contributed by atoms with van der Waals surface area (Å²) in [6, 6.07) is 5.24. The van der Waals surface area contributed by atoms with Crippen LogP contribution < -0.4 is 5.32 Å². The van der Waals surface area contributed by atoms with E-state index in [4.69, 9.17) is 11.6 Å². The molecule has 0 radical (unpaired) electrons. The highest BCUT2D eigenvalue weighted by Crippen LogP contribution is 2.27. The lowest BCUT2D eigenvalue weighted by atomic mass is 9.97. The van der Waals surface area contributed by atoms with Gasteiger partial charge in [0, 0.05) is 23.5 Å². The number of anilines is 1. The van der Waals surface area contributed by atoms with E-state index < -0.39 is 10.0 Å². The molecule has 0 spiro atoms. The Bertz CT molecular complexity index is 643. The second kappa shape index (κ2) is 6.64. The van der Waals surface area contributed by atoms with Crippen LogP contribution in [0.3, 0.4) is 0 Å². The molecule has 1 saturated heterocycles. The largest absolute Gasteiger partial charge is 0.325 e. The highest BCUT2D eigenvalue weighted by molar-refractivity contribution is 9.10. The van der Waals surface area contributed by atoms with E-state index in [9.17, 15) is 13.2 Å². The maximum atomic E-state index is 12.2. The molecule has 1 aromatic carbocycles. The highest BCUT2D eigenvalue weighted by Gasteiger charge is 2.29. The Hall–Kier alpha value is -0.630. The molecule has 0 saturated carbocycles. The van der Waals surface area contributed by atoms with Crippen molar-refractivity contribution in [2.75, 3.05) is 24.7 Å². The zero-order chi connectivity index (χ0) is 15.6. The van der Waals surface area contributed by atoms with Gasteiger partial charge >= 0.3 is 0 Å². The Morgan fingerprint density at radius 1 is 1.38 bits per heavy atom. The number of rotatable bonds is 3. The van der Waals surface area contributed by atoms with Crippen LogP contribution >= 0.6 is 27.5 Å². The fourth-order valence-electron chi connectivity index (χ4n) is 2.28. The number of carbonyl (C=O) groups excluding carboxylic acids is 1. The fourth-order valence-corrected chi connectivity index (χ4v) is 3.87. The van der Waals surface area contributed by atoms with Gasteiger partial charge in [0.2, 0.25) is 15.9 Å². The van der Waals surface area contributed by atoms with Gasteiger partial charge in [-0.25, -0.2) is 12.7 Å². The zero-order valence-corrected chi connectivity index (χ0v) is 14.6. The first-order valence-corrected chi connectivity index (χ1v) is 9.50. The summed E-state index contributed by atoms with van der Waals surface area (Å²) in [5, 5.41) is 3.27. The van der Waals surface area contributed by atoms with Gasteiger partial charge in [0.25, 0.3) is 0 Å². The first kappa shape index (κ1) is 16.7. The number of halogens is 2. The molecule has 1 aliphatic rings. The highest BCUT2D eigenvalue weighted by atomic mass is 79.9. The molecule has 1 N–H and O–H groups in total. The van der Waals surface area contributed by atoms with Crippen molar-refractivity contribution in [2.45, 2.75) is 12.8 Å². The van der Waals surface area contributed by atoms with Crippen LogP contribution in [0.15, 0.2) is 22.7 Å². The third kappa shape index (κ3) is 4.42. The van der Waals surface area contributed by atoms with Gasteiger partial charge < -0.3 is 5.32 Å². The van der Waals surface area contributed by atoms with E-state index in [0.29, 0.717) is 36.6 Å². The third-order valence-electron chi connectivity index (χ3n) is 3.48. The van der Waals surface area contributed by atoms with E-state index in [1.54, 1.807) is 18.2 Å². The summed E-state index contributed by atoms with van der Waals surface area (Å²) in [5.74, 6) is -0.310. The van der Waals surface area contributed by atoms with Gasteiger partial charge in [-0.2, -0.15) is 0 Å². The normalized spacial score (nSPS) is 17.7. The van der Waals surface area contributed by atoms with E-state index in [0.717, 1.165) is 4.47 Å². The number of sulfonamides is 1. The minimum absolute atomic E-state index is 0.118. The van der Waals surface area contributed by atoms with Crippen molar-refractivity contribution in [1.82, 2.24) is 4.31 Å². The molecular formula is C13H16BrClN2O3S. The lowest BCUT2D eigenvalue weighted by Crippen LogP contribution is -2.40. The van der Waals surface area contributed by atoms with Crippen LogP contribution in [0.4, 0.5) is 5.69 Å². The van der Waals surface area contributed by atoms with E-state index in [1.807, 2.05) is 0 Å². The molecule has 2 rings (SSSR count). The molecule has 1 amide bonds. The van der Waals surface area contributed by atoms with E-state index in [1.165, 1.54) is 10.6 Å². The molecular weight excluding hydrogens is 380 g/mol. The Labute approximate surface area is 137 Å². The molecule has 1 heterocycles. The minimum atomic E-state index is -3.17. The number of hydrogen-bond acceptors (Lipinski definition) is 3. The summed E-state index contributed by atoms with van der Waals surface area (Å²) in [6.07, 6.45) is 2.23. The number of hydrogen-bond donors (Lipinski definition) is 1. The summed E-state index contributed by atoms with van der Waals surface area (Å²) >= 11 is 9.37. The van der Waals surface area contributed by atoms with Crippen molar-refractivity contribution >= 4 is 49.1 Å². The number of piperidine rings is 1. The zero-order valence-electron chi connectivity index (χ0n) is 11.5. The minimum Gasteiger partial charge on any atom is -0.325 e. The van der Waals surface area contributed by atoms with Gasteiger partial charge in [-0.3, -0.25) is 4.79 Å². The van der Waals surface area contributed by atoms with Crippen LogP contribution in [0.1, 0.15) is 12.8 Å². The SMILES string of the molecule is CS(=O)(=O)N1CCC(C(=O)Nc2ccc(Br)cc2Cl)CC1. The van der Waals surface area contributed by atoms with Gasteiger partial charge in [-0.15, -0.1) is 0 Å². The Balaban J connectivity index is 1.96. The first-order valence-electron chi connectivity index (χ1n) is 6.48. The number of benzene rings is 1. The molecule has 0 aromatic heterocycles. The summed E-state index contributed by atoms with van der Waals surface area (Å²) < 4.78 is 25.1. The molecule has 1 aromatic rings. The lowest BCUT2D eigenvalue weighted by molar-refractivity contribution is -0.120. The summed E-state index contributed by atoms with van der Waals surface area (Å²) in [7, 11) is -3.17. The van der Waals surface area contributed by atoms with Crippen molar-refractivity contribution in [3.8, 4) is 0 Å². The van der Waals surface area contributed by atoms with Crippen LogP contribution in [0.2, 0.25) is 5.02 Å². The average molecular weight is 396 g/mol. The molecule has 1 fully saturated rings. The molecule has 0 atom stereocenters. The second-order valence-corrected chi connectivity index (χ2v) is 8.36. The summed E-state index contributed by atoms with van der Waals surface area (Å²) in [6.45, 7) is 0.760. The fraction of sp³-hybridized carbons (Fsp3) is 0.462. The number of nitrogens with zero attached hydrogens (tertiary/aromatic N) is 1. The number of amides is 1. The predicted molar refractivity (Wildman–Crippen MR) is 86.9 cm³/mol. The monoisotopic (exact) mass is 394 g/mol. The quantitative estimate of drug-likeness (QED) is 0.856. The first-order chi connectivity index (χ1) is 9.77. The average Bonchev–Trinajstić information content (AvgIpc) is 2.41. The third-order valence-corrected chi connectivity index (χ3v) is 5.59. The van der Waals surface area contributed by atoms with Crippen molar-refractivity contribution in [1.29, 1.82) is 0 Å². The molecule has 0 aliphatic carbocycles. The van der Waals surface area contributed by atoms with Crippen molar-refractivity contribution in [3.05, 3.63) is 27.7 Å². The molecule has 5 nitrogen and oxygen atoms in total. The maximum Gasteiger partial charge on any atom is 0.227 e. The van der Waals surface area contributed by atoms with E-state index in [2.05, 4.69) is 21.2 Å². The smallest absolute Gasteiger partial charge is 0.227 e. The van der Waals surface area contributed by atoms with Crippen LogP contribution in [0.5, 0.6) is 0 Å². The summed E-state index contributed by atoms with van der Waals surface area (Å²) in [4.78, 5) is 12.2. The topological polar surface area (TPSA) is 66.5 Å². The van der Waals surface area contributed by atoms with Crippen molar-refractivity contribution in [3.63, 3.8) is 0 Å². The van der Waals surface area contributed by atoms with Crippen LogP contribution in [-0.4, -0.2) is 38.0 Å². The van der Waals surface area contributed by atoms with Crippen LogP contribution in [-0.2, 0) is 14.8 Å². The van der Waals surface area contributed by atoms with E-state index in [-0.39, 0.29) is 11.8 Å².